The van der Waals surface area contributed by atoms with Crippen LogP contribution in [0, 0.1) is 5.92 Å². The maximum Gasteiger partial charge on any atom is 0.253 e. The fourth-order valence-corrected chi connectivity index (χ4v) is 2.17. The van der Waals surface area contributed by atoms with Crippen LogP contribution in [0.2, 0.25) is 0 Å². The zero-order valence-corrected chi connectivity index (χ0v) is 13.7. The molecule has 0 aliphatic rings. The van der Waals surface area contributed by atoms with Gasteiger partial charge < -0.3 is 10.6 Å². The summed E-state index contributed by atoms with van der Waals surface area (Å²) < 4.78 is 0. The summed E-state index contributed by atoms with van der Waals surface area (Å²) in [4.78, 5) is 24.4. The van der Waals surface area contributed by atoms with Gasteiger partial charge in [0.25, 0.3) is 5.91 Å². The largest absolute Gasteiger partial charge is 0.345 e. The molecule has 2 N–H and O–H groups in total. The molecule has 0 spiro atoms. The van der Waals surface area contributed by atoms with Gasteiger partial charge in [0.05, 0.1) is 17.3 Å². The summed E-state index contributed by atoms with van der Waals surface area (Å²) in [5, 5.41) is 5.77. The third-order valence-electron chi connectivity index (χ3n) is 3.60. The number of amides is 2. The van der Waals surface area contributed by atoms with Crippen LogP contribution >= 0.6 is 0 Å². The summed E-state index contributed by atoms with van der Waals surface area (Å²) in [7, 11) is 0. The summed E-state index contributed by atoms with van der Waals surface area (Å²) in [5.74, 6) is -0.461. The van der Waals surface area contributed by atoms with Gasteiger partial charge in [-0.2, -0.15) is 0 Å². The van der Waals surface area contributed by atoms with Gasteiger partial charge in [-0.25, -0.2) is 0 Å². The molecule has 4 nitrogen and oxygen atoms in total. The Morgan fingerprint density at radius 1 is 0.870 bits per heavy atom. The molecule has 0 radical (unpaired) electrons. The number of hydrogen-bond donors (Lipinski definition) is 2. The van der Waals surface area contributed by atoms with E-state index in [2.05, 4.69) is 10.6 Å². The van der Waals surface area contributed by atoms with E-state index in [1.54, 1.807) is 24.3 Å². The molecular formula is C19H22N2O2. The Bertz CT molecular complexity index is 681. The predicted molar refractivity (Wildman–Crippen MR) is 92.2 cm³/mol. The average Bonchev–Trinajstić information content (AvgIpc) is 2.55. The van der Waals surface area contributed by atoms with Crippen molar-refractivity contribution in [3.05, 3.63) is 65.7 Å². The van der Waals surface area contributed by atoms with E-state index >= 15 is 0 Å². The van der Waals surface area contributed by atoms with Crippen LogP contribution in [0.5, 0.6) is 0 Å². The van der Waals surface area contributed by atoms with Crippen molar-refractivity contribution in [1.29, 1.82) is 0 Å². The summed E-state index contributed by atoms with van der Waals surface area (Å²) in [6, 6.07) is 16.7. The Balaban J connectivity index is 2.15. The van der Waals surface area contributed by atoms with Crippen molar-refractivity contribution in [2.75, 3.05) is 5.32 Å². The van der Waals surface area contributed by atoms with Crippen LogP contribution < -0.4 is 10.6 Å². The standard InChI is InChI=1S/C19H22N2O2/c1-13(2)18(22)21-17-12-8-7-11-16(17)19(23)20-14(3)15-9-5-4-6-10-15/h4-14H,1-3H3,(H,20,23)(H,21,22)/t14-/m0/s1. The zero-order chi connectivity index (χ0) is 16.8. The van der Waals surface area contributed by atoms with Gasteiger partial charge in [0, 0.05) is 5.92 Å². The Labute approximate surface area is 136 Å². The van der Waals surface area contributed by atoms with Crippen LogP contribution in [0.4, 0.5) is 5.69 Å². The first-order chi connectivity index (χ1) is 11.0. The topological polar surface area (TPSA) is 58.2 Å². The van der Waals surface area contributed by atoms with Crippen LogP contribution in [0.25, 0.3) is 0 Å². The second-order valence-electron chi connectivity index (χ2n) is 5.80. The molecule has 0 heterocycles. The minimum absolute atomic E-state index is 0.110. The van der Waals surface area contributed by atoms with E-state index in [1.807, 2.05) is 51.1 Å². The van der Waals surface area contributed by atoms with E-state index in [9.17, 15) is 9.59 Å². The number of nitrogens with one attached hydrogen (secondary N) is 2. The van der Waals surface area contributed by atoms with Crippen molar-refractivity contribution in [3.8, 4) is 0 Å². The Morgan fingerprint density at radius 3 is 2.13 bits per heavy atom. The summed E-state index contributed by atoms with van der Waals surface area (Å²) in [6.45, 7) is 5.56. The van der Waals surface area contributed by atoms with Crippen LogP contribution in [0.15, 0.2) is 54.6 Å². The maximum absolute atomic E-state index is 12.5. The molecule has 4 heteroatoms. The second-order valence-corrected chi connectivity index (χ2v) is 5.80. The molecule has 0 saturated heterocycles. The van der Waals surface area contributed by atoms with Crippen molar-refractivity contribution in [1.82, 2.24) is 5.32 Å². The third kappa shape index (κ3) is 4.42. The lowest BCUT2D eigenvalue weighted by atomic mass is 10.1. The molecule has 0 bridgehead atoms. The smallest absolute Gasteiger partial charge is 0.253 e. The van der Waals surface area contributed by atoms with Crippen molar-refractivity contribution >= 4 is 17.5 Å². The highest BCUT2D eigenvalue weighted by Gasteiger charge is 2.16. The molecule has 120 valence electrons. The van der Waals surface area contributed by atoms with E-state index in [-0.39, 0.29) is 23.8 Å². The number of rotatable bonds is 5. The van der Waals surface area contributed by atoms with Gasteiger partial charge in [0.2, 0.25) is 5.91 Å². The lowest BCUT2D eigenvalue weighted by Gasteiger charge is -2.17. The van der Waals surface area contributed by atoms with Gasteiger partial charge in [-0.15, -0.1) is 0 Å². The highest BCUT2D eigenvalue weighted by atomic mass is 16.2. The Morgan fingerprint density at radius 2 is 1.48 bits per heavy atom. The third-order valence-corrected chi connectivity index (χ3v) is 3.60. The van der Waals surface area contributed by atoms with Crippen LogP contribution in [0.3, 0.4) is 0 Å². The summed E-state index contributed by atoms with van der Waals surface area (Å²) >= 11 is 0. The molecule has 23 heavy (non-hydrogen) atoms. The number of carbonyl (C=O) groups excluding carboxylic acids is 2. The van der Waals surface area contributed by atoms with Crippen molar-refractivity contribution in [2.24, 2.45) is 5.92 Å². The van der Waals surface area contributed by atoms with Crippen LogP contribution in [0.1, 0.15) is 42.7 Å². The minimum Gasteiger partial charge on any atom is -0.345 e. The van der Waals surface area contributed by atoms with Gasteiger partial charge in [-0.05, 0) is 24.6 Å². The fourth-order valence-electron chi connectivity index (χ4n) is 2.17. The maximum atomic E-state index is 12.5. The monoisotopic (exact) mass is 310 g/mol. The number of para-hydroxylation sites is 1. The van der Waals surface area contributed by atoms with Crippen molar-refractivity contribution < 1.29 is 9.59 Å². The fraction of sp³-hybridized carbons (Fsp3) is 0.263. The molecule has 0 saturated carbocycles. The molecule has 0 aliphatic carbocycles. The number of anilines is 1. The normalized spacial score (nSPS) is 11.8. The van der Waals surface area contributed by atoms with Gasteiger partial charge in [0.1, 0.15) is 0 Å². The molecule has 2 rings (SSSR count). The van der Waals surface area contributed by atoms with E-state index in [0.29, 0.717) is 11.3 Å². The molecule has 0 aliphatic heterocycles. The average molecular weight is 310 g/mol. The number of hydrogen-bond acceptors (Lipinski definition) is 2. The predicted octanol–water partition coefficient (Wildman–Crippen LogP) is 3.77. The van der Waals surface area contributed by atoms with Crippen molar-refractivity contribution in [2.45, 2.75) is 26.8 Å². The zero-order valence-electron chi connectivity index (χ0n) is 13.7. The first kappa shape index (κ1) is 16.7. The molecule has 1 atom stereocenters. The second kappa shape index (κ2) is 7.58. The van der Waals surface area contributed by atoms with Gasteiger partial charge >= 0.3 is 0 Å². The lowest BCUT2D eigenvalue weighted by molar-refractivity contribution is -0.118. The van der Waals surface area contributed by atoms with Crippen LogP contribution in [-0.4, -0.2) is 11.8 Å². The van der Waals surface area contributed by atoms with Gasteiger partial charge in [-0.3, -0.25) is 9.59 Å². The molecule has 2 aromatic rings. The van der Waals surface area contributed by atoms with E-state index in [1.165, 1.54) is 0 Å². The Hall–Kier alpha value is -2.62. The quantitative estimate of drug-likeness (QED) is 0.883. The first-order valence-electron chi connectivity index (χ1n) is 7.74. The molecule has 2 aromatic carbocycles. The number of carbonyl (C=O) groups is 2. The first-order valence-corrected chi connectivity index (χ1v) is 7.74. The lowest BCUT2D eigenvalue weighted by Crippen LogP contribution is -2.28. The summed E-state index contributed by atoms with van der Waals surface area (Å²) in [6.07, 6.45) is 0. The summed E-state index contributed by atoms with van der Waals surface area (Å²) in [5.41, 5.74) is 2.03. The Kier molecular flexibility index (Phi) is 5.52. The number of benzene rings is 2. The molecular weight excluding hydrogens is 288 g/mol. The van der Waals surface area contributed by atoms with Gasteiger partial charge in [0.15, 0.2) is 0 Å². The van der Waals surface area contributed by atoms with E-state index < -0.39 is 0 Å². The molecule has 0 aromatic heterocycles. The van der Waals surface area contributed by atoms with Gasteiger partial charge in [-0.1, -0.05) is 56.3 Å². The molecule has 2 amide bonds. The highest BCUT2D eigenvalue weighted by Crippen LogP contribution is 2.18. The highest BCUT2D eigenvalue weighted by molar-refractivity contribution is 6.04. The van der Waals surface area contributed by atoms with Crippen LogP contribution in [-0.2, 0) is 4.79 Å². The SMILES string of the molecule is CC(C)C(=O)Nc1ccccc1C(=O)N[C@@H](C)c1ccccc1. The molecule has 0 unspecified atom stereocenters. The van der Waals surface area contributed by atoms with E-state index in [0.717, 1.165) is 5.56 Å². The minimum atomic E-state index is -0.207. The van der Waals surface area contributed by atoms with E-state index in [4.69, 9.17) is 0 Å². The van der Waals surface area contributed by atoms with Crippen molar-refractivity contribution in [3.63, 3.8) is 0 Å². The molecule has 0 fully saturated rings.